The Hall–Kier alpha value is -2.11. The van der Waals surface area contributed by atoms with Gasteiger partial charge < -0.3 is 13.9 Å². The molecule has 0 amide bonds. The molecule has 0 saturated heterocycles. The van der Waals surface area contributed by atoms with Crippen LogP contribution in [0.15, 0.2) is 50.1 Å². The second-order valence-electron chi connectivity index (χ2n) is 5.53. The number of fused-ring (bicyclic) bond motifs is 2. The van der Waals surface area contributed by atoms with Crippen LogP contribution >= 0.6 is 15.9 Å². The monoisotopic (exact) mass is 372 g/mol. The van der Waals surface area contributed by atoms with E-state index in [-0.39, 0.29) is 12.2 Å². The molecule has 23 heavy (non-hydrogen) atoms. The smallest absolute Gasteiger partial charge is 0.193 e. The zero-order valence-corrected chi connectivity index (χ0v) is 14.0. The Bertz CT molecular complexity index is 975. The minimum Gasteiger partial charge on any atom is -0.466 e. The Balaban J connectivity index is 1.98. The molecule has 116 valence electrons. The van der Waals surface area contributed by atoms with Gasteiger partial charge in [-0.1, -0.05) is 27.6 Å². The van der Waals surface area contributed by atoms with Gasteiger partial charge in [-0.15, -0.1) is 0 Å². The third-order valence-electron chi connectivity index (χ3n) is 3.82. The summed E-state index contributed by atoms with van der Waals surface area (Å²) in [4.78, 5) is 12.4. The molecule has 4 rings (SSSR count). The molecular formula is C18H13BrO4. The Kier molecular flexibility index (Phi) is 3.47. The summed E-state index contributed by atoms with van der Waals surface area (Å²) in [6.45, 7) is 2.61. The number of hydrogen-bond acceptors (Lipinski definition) is 4. The number of halogens is 1. The highest BCUT2D eigenvalue weighted by molar-refractivity contribution is 9.10. The van der Waals surface area contributed by atoms with Crippen LogP contribution in [0.4, 0.5) is 0 Å². The van der Waals surface area contributed by atoms with Gasteiger partial charge in [0.15, 0.2) is 12.2 Å². The fourth-order valence-corrected chi connectivity index (χ4v) is 3.27. The fraction of sp³-hybridized carbons (Fsp3) is 0.167. The van der Waals surface area contributed by atoms with Gasteiger partial charge in [0.2, 0.25) is 0 Å². The van der Waals surface area contributed by atoms with Crippen molar-refractivity contribution in [3.8, 4) is 17.1 Å². The zero-order chi connectivity index (χ0) is 16.0. The Morgan fingerprint density at radius 1 is 1.13 bits per heavy atom. The normalized spacial score (nSPS) is 13.7. The lowest BCUT2D eigenvalue weighted by Gasteiger charge is -2.20. The highest BCUT2D eigenvalue weighted by Crippen LogP contribution is 2.38. The van der Waals surface area contributed by atoms with Crippen LogP contribution in [-0.2, 0) is 11.3 Å². The molecular weight excluding hydrogens is 360 g/mol. The van der Waals surface area contributed by atoms with Crippen LogP contribution < -0.4 is 10.2 Å². The van der Waals surface area contributed by atoms with E-state index in [1.54, 1.807) is 0 Å². The maximum atomic E-state index is 12.4. The number of aryl methyl sites for hydroxylation is 1. The first-order chi connectivity index (χ1) is 11.1. The molecule has 0 radical (unpaired) electrons. The van der Waals surface area contributed by atoms with E-state index in [1.807, 2.05) is 37.3 Å². The van der Waals surface area contributed by atoms with E-state index < -0.39 is 0 Å². The minimum atomic E-state index is -0.0641. The molecule has 0 spiro atoms. The third-order valence-corrected chi connectivity index (χ3v) is 4.28. The van der Waals surface area contributed by atoms with Crippen molar-refractivity contribution in [2.24, 2.45) is 0 Å². The van der Waals surface area contributed by atoms with Crippen LogP contribution in [0.2, 0.25) is 0 Å². The molecule has 2 aromatic carbocycles. The topological polar surface area (TPSA) is 48.7 Å². The molecule has 0 unspecified atom stereocenters. The van der Waals surface area contributed by atoms with Crippen molar-refractivity contribution in [2.45, 2.75) is 13.5 Å². The third kappa shape index (κ3) is 2.56. The lowest BCUT2D eigenvalue weighted by atomic mass is 10.0. The Morgan fingerprint density at radius 3 is 2.87 bits per heavy atom. The van der Waals surface area contributed by atoms with E-state index in [2.05, 4.69) is 15.9 Å². The van der Waals surface area contributed by atoms with Gasteiger partial charge in [-0.2, -0.15) is 0 Å². The summed E-state index contributed by atoms with van der Waals surface area (Å²) in [7, 11) is 0. The van der Waals surface area contributed by atoms with Crippen LogP contribution in [0.5, 0.6) is 5.75 Å². The standard InChI is InChI=1S/C18H13BrO4/c1-10-2-3-16-13(4-10)15(20)7-17(23-16)14-6-12(19)5-11-8-21-9-22-18(11)14/h2-7H,8-9H2,1H3. The molecule has 0 aliphatic carbocycles. The average molecular weight is 373 g/mol. The highest BCUT2D eigenvalue weighted by Gasteiger charge is 2.19. The molecule has 1 aliphatic heterocycles. The van der Waals surface area contributed by atoms with Gasteiger partial charge in [-0.3, -0.25) is 4.79 Å². The second-order valence-corrected chi connectivity index (χ2v) is 6.44. The minimum absolute atomic E-state index is 0.0641. The van der Waals surface area contributed by atoms with Crippen molar-refractivity contribution in [1.29, 1.82) is 0 Å². The van der Waals surface area contributed by atoms with Crippen molar-refractivity contribution >= 4 is 26.9 Å². The molecule has 0 N–H and O–H groups in total. The first-order valence-electron chi connectivity index (χ1n) is 7.20. The summed E-state index contributed by atoms with van der Waals surface area (Å²) < 4.78 is 17.8. The lowest BCUT2D eigenvalue weighted by molar-refractivity contribution is -0.0160. The van der Waals surface area contributed by atoms with E-state index in [1.165, 1.54) is 6.07 Å². The van der Waals surface area contributed by atoms with Crippen molar-refractivity contribution in [3.63, 3.8) is 0 Å². The van der Waals surface area contributed by atoms with Crippen LogP contribution in [0.25, 0.3) is 22.3 Å². The number of ether oxygens (including phenoxy) is 2. The van der Waals surface area contributed by atoms with Gasteiger partial charge in [0, 0.05) is 16.1 Å². The Morgan fingerprint density at radius 2 is 2.00 bits per heavy atom. The predicted molar refractivity (Wildman–Crippen MR) is 90.6 cm³/mol. The quantitative estimate of drug-likeness (QED) is 0.635. The molecule has 2 heterocycles. The lowest BCUT2D eigenvalue weighted by Crippen LogP contribution is -2.12. The van der Waals surface area contributed by atoms with E-state index in [0.717, 1.165) is 21.2 Å². The number of rotatable bonds is 1. The maximum Gasteiger partial charge on any atom is 0.193 e. The molecule has 0 saturated carbocycles. The summed E-state index contributed by atoms with van der Waals surface area (Å²) in [6, 6.07) is 10.9. The summed E-state index contributed by atoms with van der Waals surface area (Å²) in [5.41, 5.74) is 3.20. The van der Waals surface area contributed by atoms with Gasteiger partial charge in [0.05, 0.1) is 17.6 Å². The van der Waals surface area contributed by atoms with Crippen molar-refractivity contribution in [3.05, 3.63) is 62.2 Å². The SMILES string of the molecule is Cc1ccc2oc(-c3cc(Br)cc4c3OCOC4)cc(=O)c2c1. The second kappa shape index (κ2) is 5.51. The first-order valence-corrected chi connectivity index (χ1v) is 7.99. The summed E-state index contributed by atoms with van der Waals surface area (Å²) in [6.07, 6.45) is 0. The molecule has 5 heteroatoms. The van der Waals surface area contributed by atoms with Crippen molar-refractivity contribution < 1.29 is 13.9 Å². The van der Waals surface area contributed by atoms with Gasteiger partial charge in [0.25, 0.3) is 0 Å². The van der Waals surface area contributed by atoms with Gasteiger partial charge >= 0.3 is 0 Å². The molecule has 0 fully saturated rings. The molecule has 1 aliphatic rings. The molecule has 1 aromatic heterocycles. The zero-order valence-electron chi connectivity index (χ0n) is 12.4. The largest absolute Gasteiger partial charge is 0.466 e. The van der Waals surface area contributed by atoms with Gasteiger partial charge in [-0.25, -0.2) is 0 Å². The van der Waals surface area contributed by atoms with Crippen LogP contribution in [-0.4, -0.2) is 6.79 Å². The van der Waals surface area contributed by atoms with E-state index in [9.17, 15) is 4.79 Å². The number of hydrogen-bond donors (Lipinski definition) is 0. The van der Waals surface area contributed by atoms with Crippen LogP contribution in [0.1, 0.15) is 11.1 Å². The summed E-state index contributed by atoms with van der Waals surface area (Å²) in [5.74, 6) is 1.19. The maximum absolute atomic E-state index is 12.4. The van der Waals surface area contributed by atoms with Crippen molar-refractivity contribution in [2.75, 3.05) is 6.79 Å². The number of benzene rings is 2. The first kappa shape index (κ1) is 14.5. The highest BCUT2D eigenvalue weighted by atomic mass is 79.9. The molecule has 0 bridgehead atoms. The van der Waals surface area contributed by atoms with Crippen LogP contribution in [0, 0.1) is 6.92 Å². The molecule has 3 aromatic rings. The fourth-order valence-electron chi connectivity index (χ4n) is 2.77. The van der Waals surface area contributed by atoms with E-state index in [4.69, 9.17) is 13.9 Å². The molecule has 0 atom stereocenters. The van der Waals surface area contributed by atoms with Crippen molar-refractivity contribution in [1.82, 2.24) is 0 Å². The Labute approximate surface area is 140 Å². The summed E-state index contributed by atoms with van der Waals surface area (Å²) >= 11 is 3.49. The summed E-state index contributed by atoms with van der Waals surface area (Å²) in [5, 5.41) is 0.585. The van der Waals surface area contributed by atoms with Gasteiger partial charge in [-0.05, 0) is 31.2 Å². The van der Waals surface area contributed by atoms with Gasteiger partial charge in [0.1, 0.15) is 17.1 Å². The molecule has 4 nitrogen and oxygen atoms in total. The van der Waals surface area contributed by atoms with E-state index in [0.29, 0.717) is 29.1 Å². The predicted octanol–water partition coefficient (Wildman–Crippen LogP) is 4.40. The van der Waals surface area contributed by atoms with E-state index >= 15 is 0 Å². The average Bonchev–Trinajstić information content (AvgIpc) is 2.54. The van der Waals surface area contributed by atoms with Crippen LogP contribution in [0.3, 0.4) is 0 Å².